The average Bonchev–Trinajstić information content (AvgIpc) is 2.03. The van der Waals surface area contributed by atoms with Crippen molar-refractivity contribution >= 4 is 30.5 Å². The van der Waals surface area contributed by atoms with Crippen LogP contribution < -0.4 is 11.5 Å². The normalized spacial score (nSPS) is 10.4. The zero-order chi connectivity index (χ0) is 8.69. The molecule has 0 saturated carbocycles. The van der Waals surface area contributed by atoms with E-state index in [2.05, 4.69) is 5.16 Å². The van der Waals surface area contributed by atoms with Crippen molar-refractivity contribution < 1.29 is 4.84 Å². The Hall–Kier alpha value is -0.0300. The van der Waals surface area contributed by atoms with E-state index >= 15 is 0 Å². The number of oxime groups is 1. The highest BCUT2D eigenvalue weighted by Gasteiger charge is 2.07. The van der Waals surface area contributed by atoms with Gasteiger partial charge in [0.05, 0.1) is 5.71 Å². The highest BCUT2D eigenvalue weighted by molar-refractivity contribution is 5.85. The van der Waals surface area contributed by atoms with Gasteiger partial charge in [-0.25, -0.2) is 0 Å². The molecule has 0 saturated heterocycles. The van der Waals surface area contributed by atoms with Crippen LogP contribution in [-0.2, 0) is 4.84 Å². The Morgan fingerprint density at radius 3 is 2.08 bits per heavy atom. The van der Waals surface area contributed by atoms with Crippen LogP contribution in [0.25, 0.3) is 0 Å². The molecule has 6 heteroatoms. The number of hydrogen-bond donors (Lipinski definition) is 2. The maximum atomic E-state index is 5.44. The number of rotatable bonds is 5. The van der Waals surface area contributed by atoms with Crippen LogP contribution in [0.5, 0.6) is 0 Å². The van der Waals surface area contributed by atoms with Crippen molar-refractivity contribution in [2.24, 2.45) is 22.5 Å². The predicted octanol–water partition coefficient (Wildman–Crippen LogP) is 0.776. The van der Waals surface area contributed by atoms with E-state index in [-0.39, 0.29) is 30.7 Å². The molecular weight excluding hydrogens is 213 g/mol. The van der Waals surface area contributed by atoms with E-state index in [1.165, 1.54) is 0 Å². The van der Waals surface area contributed by atoms with Crippen LogP contribution in [0.3, 0.4) is 0 Å². The van der Waals surface area contributed by atoms with Gasteiger partial charge in [-0.05, 0) is 13.8 Å². The summed E-state index contributed by atoms with van der Waals surface area (Å²) < 4.78 is 0. The maximum absolute atomic E-state index is 5.44. The zero-order valence-electron chi connectivity index (χ0n) is 8.03. The van der Waals surface area contributed by atoms with E-state index in [9.17, 15) is 0 Å². The fourth-order valence-electron chi connectivity index (χ4n) is 0.678. The summed E-state index contributed by atoms with van der Waals surface area (Å²) in [5.74, 6) is 0.154. The predicted molar refractivity (Wildman–Crippen MR) is 60.8 cm³/mol. The minimum absolute atomic E-state index is 0. The van der Waals surface area contributed by atoms with Gasteiger partial charge >= 0.3 is 0 Å². The molecule has 4 N–H and O–H groups in total. The fraction of sp³-hybridized carbons (Fsp3) is 0.857. The van der Waals surface area contributed by atoms with Gasteiger partial charge in [0.25, 0.3) is 0 Å². The molecule has 13 heavy (non-hydrogen) atoms. The molecular formula is C7H19Cl2N3O. The largest absolute Gasteiger partial charge is 0.396 e. The van der Waals surface area contributed by atoms with Gasteiger partial charge < -0.3 is 16.3 Å². The van der Waals surface area contributed by atoms with Crippen LogP contribution in [0, 0.1) is 5.92 Å². The molecule has 0 bridgehead atoms. The summed E-state index contributed by atoms with van der Waals surface area (Å²) in [6.45, 7) is 5.40. The minimum Gasteiger partial charge on any atom is -0.396 e. The zero-order valence-corrected chi connectivity index (χ0v) is 9.66. The Labute approximate surface area is 91.9 Å². The van der Waals surface area contributed by atoms with Gasteiger partial charge in [-0.3, -0.25) is 0 Å². The number of nitrogens with two attached hydrogens (primary N) is 2. The Morgan fingerprint density at radius 2 is 1.77 bits per heavy atom. The third-order valence-electron chi connectivity index (χ3n) is 1.50. The molecule has 0 aliphatic heterocycles. The summed E-state index contributed by atoms with van der Waals surface area (Å²) in [4.78, 5) is 4.86. The lowest BCUT2D eigenvalue weighted by Gasteiger charge is -2.10. The summed E-state index contributed by atoms with van der Waals surface area (Å²) in [5, 5.41) is 3.84. The van der Waals surface area contributed by atoms with Crippen LogP contribution in [0.1, 0.15) is 13.8 Å². The van der Waals surface area contributed by atoms with Crippen LogP contribution in [0.2, 0.25) is 0 Å². The third-order valence-corrected chi connectivity index (χ3v) is 1.50. The van der Waals surface area contributed by atoms with Gasteiger partial charge in [0.2, 0.25) is 0 Å². The Bertz CT molecular complexity index is 129. The van der Waals surface area contributed by atoms with Gasteiger partial charge in [-0.1, -0.05) is 5.16 Å². The molecule has 0 radical (unpaired) electrons. The Kier molecular flexibility index (Phi) is 17.2. The molecule has 82 valence electrons. The highest BCUT2D eigenvalue weighted by atomic mass is 35.5. The summed E-state index contributed by atoms with van der Waals surface area (Å²) in [7, 11) is 0. The smallest absolute Gasteiger partial charge is 0.114 e. The molecule has 4 nitrogen and oxygen atoms in total. The summed E-state index contributed by atoms with van der Waals surface area (Å²) >= 11 is 0. The van der Waals surface area contributed by atoms with Crippen LogP contribution in [0.15, 0.2) is 5.16 Å². The molecule has 0 fully saturated rings. The van der Waals surface area contributed by atoms with Crippen molar-refractivity contribution in [3.8, 4) is 0 Å². The lowest BCUT2D eigenvalue weighted by molar-refractivity contribution is 0.157. The first-order valence-corrected chi connectivity index (χ1v) is 3.82. The van der Waals surface area contributed by atoms with Gasteiger partial charge in [0, 0.05) is 19.0 Å². The summed E-state index contributed by atoms with van der Waals surface area (Å²) in [5.41, 5.74) is 11.8. The Balaban J connectivity index is -0.000000500. The lowest BCUT2D eigenvalue weighted by Crippen LogP contribution is -2.29. The third kappa shape index (κ3) is 8.30. The van der Waals surface area contributed by atoms with E-state index in [0.29, 0.717) is 19.7 Å². The molecule has 0 rings (SSSR count). The second-order valence-electron chi connectivity index (χ2n) is 2.32. The first-order chi connectivity index (χ1) is 5.26. The number of nitrogens with zero attached hydrogens (tertiary/aromatic N) is 1. The van der Waals surface area contributed by atoms with Crippen molar-refractivity contribution in [3.63, 3.8) is 0 Å². The SMILES string of the molecule is CCO/N=C(\C)C(CN)CN.Cl.Cl. The van der Waals surface area contributed by atoms with Crippen molar-refractivity contribution in [1.29, 1.82) is 0 Å². The average molecular weight is 232 g/mol. The first-order valence-electron chi connectivity index (χ1n) is 3.82. The van der Waals surface area contributed by atoms with E-state index in [4.69, 9.17) is 16.3 Å². The molecule has 0 aromatic carbocycles. The van der Waals surface area contributed by atoms with Crippen molar-refractivity contribution in [3.05, 3.63) is 0 Å². The second kappa shape index (κ2) is 12.0. The van der Waals surface area contributed by atoms with E-state index in [1.54, 1.807) is 0 Å². The molecule has 0 aliphatic rings. The fourth-order valence-corrected chi connectivity index (χ4v) is 0.678. The molecule has 0 heterocycles. The quantitative estimate of drug-likeness (QED) is 0.543. The van der Waals surface area contributed by atoms with Crippen LogP contribution in [0.4, 0.5) is 0 Å². The highest BCUT2D eigenvalue weighted by Crippen LogP contribution is 1.95. The first kappa shape index (κ1) is 18.7. The Morgan fingerprint density at radius 1 is 1.31 bits per heavy atom. The van der Waals surface area contributed by atoms with Crippen molar-refractivity contribution in [1.82, 2.24) is 0 Å². The number of halogens is 2. The molecule has 0 aromatic rings. The molecule has 0 atom stereocenters. The number of hydrogen-bond acceptors (Lipinski definition) is 4. The van der Waals surface area contributed by atoms with E-state index < -0.39 is 0 Å². The molecule has 0 aliphatic carbocycles. The second-order valence-corrected chi connectivity index (χ2v) is 2.32. The van der Waals surface area contributed by atoms with Gasteiger partial charge in [0.1, 0.15) is 6.61 Å². The van der Waals surface area contributed by atoms with Crippen molar-refractivity contribution in [2.75, 3.05) is 19.7 Å². The summed E-state index contributed by atoms with van der Waals surface area (Å²) in [6.07, 6.45) is 0. The monoisotopic (exact) mass is 231 g/mol. The maximum Gasteiger partial charge on any atom is 0.114 e. The topological polar surface area (TPSA) is 73.6 Å². The van der Waals surface area contributed by atoms with Crippen LogP contribution in [-0.4, -0.2) is 25.4 Å². The van der Waals surface area contributed by atoms with E-state index in [1.807, 2.05) is 13.8 Å². The van der Waals surface area contributed by atoms with Gasteiger partial charge in [-0.2, -0.15) is 0 Å². The molecule has 0 aromatic heterocycles. The molecule has 0 spiro atoms. The standard InChI is InChI=1S/C7H17N3O.2ClH/c1-3-11-10-6(2)7(4-8)5-9;;/h7H,3-5,8-9H2,1-2H3;2*1H/b10-6+;;. The summed E-state index contributed by atoms with van der Waals surface area (Å²) in [6, 6.07) is 0. The molecule has 0 unspecified atom stereocenters. The van der Waals surface area contributed by atoms with Crippen LogP contribution >= 0.6 is 24.8 Å². The minimum atomic E-state index is 0. The van der Waals surface area contributed by atoms with Gasteiger partial charge in [0.15, 0.2) is 0 Å². The van der Waals surface area contributed by atoms with E-state index in [0.717, 1.165) is 5.71 Å². The van der Waals surface area contributed by atoms with Gasteiger partial charge in [-0.15, -0.1) is 24.8 Å². The van der Waals surface area contributed by atoms with Crippen molar-refractivity contribution in [2.45, 2.75) is 13.8 Å². The lowest BCUT2D eigenvalue weighted by atomic mass is 10.1. The molecule has 0 amide bonds.